The second kappa shape index (κ2) is 13.1. The summed E-state index contributed by atoms with van der Waals surface area (Å²) in [7, 11) is -4.18. The molecule has 0 aliphatic rings. The second-order valence-corrected chi connectivity index (χ2v) is 10.9. The molecule has 0 saturated carbocycles. The number of carbonyl (C=O) groups excluding carboxylic acids is 2. The predicted molar refractivity (Wildman–Crippen MR) is 138 cm³/mol. The molecule has 12 heteroatoms. The summed E-state index contributed by atoms with van der Waals surface area (Å²) in [6, 6.07) is 10.9. The molecule has 204 valence electrons. The molecule has 0 fully saturated rings. The fraction of sp³-hybridized carbons (Fsp3) is 0.440. The number of alkyl halides is 3. The van der Waals surface area contributed by atoms with E-state index < -0.39 is 51.2 Å². The van der Waals surface area contributed by atoms with Crippen LogP contribution in [0.3, 0.4) is 0 Å². The first-order valence-corrected chi connectivity index (χ1v) is 13.9. The minimum Gasteiger partial charge on any atom is -0.354 e. The van der Waals surface area contributed by atoms with Gasteiger partial charge in [0.15, 0.2) is 0 Å². The van der Waals surface area contributed by atoms with Gasteiger partial charge >= 0.3 is 6.18 Å². The normalized spacial score (nSPS) is 12.6. The number of carbonyl (C=O) groups is 2. The maximum atomic E-state index is 13.4. The maximum absolute atomic E-state index is 13.4. The fourth-order valence-electron chi connectivity index (χ4n) is 3.61. The predicted octanol–water partition coefficient (Wildman–Crippen LogP) is 4.50. The number of nitrogens with zero attached hydrogens (tertiary/aromatic N) is 2. The minimum atomic E-state index is -4.83. The van der Waals surface area contributed by atoms with Crippen LogP contribution in [0.15, 0.2) is 48.5 Å². The van der Waals surface area contributed by atoms with E-state index in [4.69, 9.17) is 11.6 Å². The number of unbranched alkanes of at least 4 members (excludes halogenated alkanes) is 1. The van der Waals surface area contributed by atoms with Crippen LogP contribution in [0.4, 0.5) is 18.9 Å². The van der Waals surface area contributed by atoms with Crippen molar-refractivity contribution in [3.8, 4) is 0 Å². The molecule has 0 spiro atoms. The number of anilines is 1. The summed E-state index contributed by atoms with van der Waals surface area (Å²) >= 11 is 5.68. The van der Waals surface area contributed by atoms with Gasteiger partial charge in [-0.25, -0.2) is 8.42 Å². The van der Waals surface area contributed by atoms with Crippen molar-refractivity contribution in [2.75, 3.05) is 30.2 Å². The molecule has 0 aliphatic heterocycles. The summed E-state index contributed by atoms with van der Waals surface area (Å²) in [5, 5.41) is 2.16. The number of nitrogens with one attached hydrogen (secondary N) is 1. The van der Waals surface area contributed by atoms with Gasteiger partial charge < -0.3 is 10.2 Å². The van der Waals surface area contributed by atoms with Gasteiger partial charge in [0.2, 0.25) is 21.8 Å². The van der Waals surface area contributed by atoms with E-state index in [1.807, 2.05) is 37.3 Å². The van der Waals surface area contributed by atoms with Crippen LogP contribution in [0.1, 0.15) is 37.8 Å². The topological polar surface area (TPSA) is 86.8 Å². The highest BCUT2D eigenvalue weighted by Crippen LogP contribution is 2.37. The Morgan fingerprint density at radius 3 is 2.32 bits per heavy atom. The first kappa shape index (κ1) is 30.4. The number of sulfonamides is 1. The van der Waals surface area contributed by atoms with E-state index in [0.717, 1.165) is 36.8 Å². The van der Waals surface area contributed by atoms with E-state index in [0.29, 0.717) is 23.3 Å². The van der Waals surface area contributed by atoms with E-state index in [9.17, 15) is 31.2 Å². The van der Waals surface area contributed by atoms with Crippen molar-refractivity contribution in [1.82, 2.24) is 10.2 Å². The van der Waals surface area contributed by atoms with Crippen molar-refractivity contribution in [2.45, 2.75) is 45.3 Å². The third kappa shape index (κ3) is 8.92. The largest absolute Gasteiger partial charge is 0.417 e. The Hall–Kier alpha value is -2.79. The molecular weight excluding hydrogens is 531 g/mol. The van der Waals surface area contributed by atoms with Gasteiger partial charge in [0.1, 0.15) is 12.6 Å². The van der Waals surface area contributed by atoms with Crippen molar-refractivity contribution >= 4 is 39.1 Å². The maximum Gasteiger partial charge on any atom is 0.417 e. The fourth-order valence-corrected chi connectivity index (χ4v) is 4.67. The molecule has 37 heavy (non-hydrogen) atoms. The van der Waals surface area contributed by atoms with Crippen molar-refractivity contribution in [3.05, 3.63) is 64.7 Å². The zero-order valence-electron chi connectivity index (χ0n) is 20.9. The Balaban J connectivity index is 2.37. The van der Waals surface area contributed by atoms with Crippen LogP contribution < -0.4 is 9.62 Å². The molecule has 0 aliphatic carbocycles. The summed E-state index contributed by atoms with van der Waals surface area (Å²) < 4.78 is 65.9. The molecule has 0 radical (unpaired) electrons. The van der Waals surface area contributed by atoms with E-state index >= 15 is 0 Å². The Morgan fingerprint density at radius 1 is 1.11 bits per heavy atom. The van der Waals surface area contributed by atoms with Gasteiger partial charge in [-0.2, -0.15) is 13.2 Å². The van der Waals surface area contributed by atoms with E-state index in [1.165, 1.54) is 11.8 Å². The van der Waals surface area contributed by atoms with E-state index in [1.54, 1.807) is 0 Å². The molecule has 2 rings (SSSR count). The Bertz CT molecular complexity index is 1180. The average molecular weight is 562 g/mol. The Labute approximate surface area is 220 Å². The third-order valence-corrected chi connectivity index (χ3v) is 7.17. The zero-order valence-corrected chi connectivity index (χ0v) is 22.5. The first-order valence-electron chi connectivity index (χ1n) is 11.7. The number of benzene rings is 2. The minimum absolute atomic E-state index is 0.0945. The Kier molecular flexibility index (Phi) is 10.8. The van der Waals surface area contributed by atoms with E-state index in [-0.39, 0.29) is 12.2 Å². The lowest BCUT2D eigenvalue weighted by Crippen LogP contribution is -2.52. The average Bonchev–Trinajstić information content (AvgIpc) is 2.82. The molecule has 0 heterocycles. The molecule has 1 atom stereocenters. The highest BCUT2D eigenvalue weighted by atomic mass is 35.5. The molecule has 2 amide bonds. The van der Waals surface area contributed by atoms with E-state index in [2.05, 4.69) is 5.32 Å². The lowest BCUT2D eigenvalue weighted by molar-refractivity contribution is -0.138. The number of amides is 2. The van der Waals surface area contributed by atoms with Crippen molar-refractivity contribution in [2.24, 2.45) is 0 Å². The molecule has 0 bridgehead atoms. The molecule has 1 N–H and O–H groups in total. The molecule has 0 aromatic heterocycles. The summed E-state index contributed by atoms with van der Waals surface area (Å²) in [4.78, 5) is 27.4. The molecule has 0 unspecified atom stereocenters. The number of hydrogen-bond acceptors (Lipinski definition) is 4. The highest BCUT2D eigenvalue weighted by molar-refractivity contribution is 7.92. The highest BCUT2D eigenvalue weighted by Gasteiger charge is 2.35. The number of halogens is 4. The second-order valence-electron chi connectivity index (χ2n) is 8.57. The third-order valence-electron chi connectivity index (χ3n) is 5.70. The number of hydrogen-bond donors (Lipinski definition) is 1. The van der Waals surface area contributed by atoms with Gasteiger partial charge in [0.25, 0.3) is 0 Å². The van der Waals surface area contributed by atoms with Crippen molar-refractivity contribution in [1.29, 1.82) is 0 Å². The van der Waals surface area contributed by atoms with Gasteiger partial charge in [-0.3, -0.25) is 13.9 Å². The lowest BCUT2D eigenvalue weighted by atomic mass is 10.1. The van der Waals surface area contributed by atoms with Gasteiger partial charge in [0.05, 0.1) is 22.5 Å². The van der Waals surface area contributed by atoms with Crippen molar-refractivity contribution in [3.63, 3.8) is 0 Å². The quantitative estimate of drug-likeness (QED) is 0.387. The lowest BCUT2D eigenvalue weighted by Gasteiger charge is -2.31. The summed E-state index contributed by atoms with van der Waals surface area (Å²) in [5.41, 5.74) is -0.695. The SMILES string of the molecule is CCCCNC(=O)[C@@H](C)N(CCc1ccccc1)C(=O)CN(c1ccc(Cl)c(C(F)(F)F)c1)S(C)(=O)=O. The molecule has 2 aromatic rings. The molecule has 0 saturated heterocycles. The summed E-state index contributed by atoms with van der Waals surface area (Å²) in [6.45, 7) is 3.21. The van der Waals surface area contributed by atoms with Gasteiger partial charge in [-0.1, -0.05) is 55.3 Å². The van der Waals surface area contributed by atoms with Crippen LogP contribution in [-0.2, 0) is 32.2 Å². The molecular formula is C25H31ClF3N3O4S. The van der Waals surface area contributed by atoms with Crippen molar-refractivity contribution < 1.29 is 31.2 Å². The molecule has 7 nitrogen and oxygen atoms in total. The van der Waals surface area contributed by atoms with Crippen LogP contribution >= 0.6 is 11.6 Å². The van der Waals surface area contributed by atoms with Gasteiger partial charge in [-0.05, 0) is 43.5 Å². The smallest absolute Gasteiger partial charge is 0.354 e. The van der Waals surface area contributed by atoms with Gasteiger partial charge in [-0.15, -0.1) is 0 Å². The number of rotatable bonds is 12. The summed E-state index contributed by atoms with van der Waals surface area (Å²) in [6.07, 6.45) is -2.05. The van der Waals surface area contributed by atoms with Crippen LogP contribution in [0, 0.1) is 0 Å². The van der Waals surface area contributed by atoms with Crippen LogP contribution in [0.2, 0.25) is 5.02 Å². The van der Waals surface area contributed by atoms with Crippen LogP contribution in [-0.4, -0.2) is 57.1 Å². The standard InChI is InChI=1S/C25H31ClF3N3O4S/c1-4-5-14-30-24(34)18(2)31(15-13-19-9-7-6-8-10-19)23(33)17-32(37(3,35)36)20-11-12-22(26)21(16-20)25(27,28)29/h6-12,16,18H,4-5,13-15,17H2,1-3H3,(H,30,34)/t18-/m1/s1. The van der Waals surface area contributed by atoms with Crippen LogP contribution in [0.5, 0.6) is 0 Å². The first-order chi connectivity index (χ1) is 17.3. The van der Waals surface area contributed by atoms with Gasteiger partial charge in [0, 0.05) is 13.1 Å². The van der Waals surface area contributed by atoms with Crippen LogP contribution in [0.25, 0.3) is 0 Å². The molecule has 2 aromatic carbocycles. The monoisotopic (exact) mass is 561 g/mol. The zero-order chi connectivity index (χ0) is 27.8. The summed E-state index contributed by atoms with van der Waals surface area (Å²) in [5.74, 6) is -1.14. The Morgan fingerprint density at radius 2 is 1.76 bits per heavy atom.